The summed E-state index contributed by atoms with van der Waals surface area (Å²) in [4.78, 5) is 9.13. The smallest absolute Gasteiger partial charge is 0.0628 e. The maximum Gasteiger partial charge on any atom is 0.0628 e. The summed E-state index contributed by atoms with van der Waals surface area (Å²) in [6.07, 6.45) is 12.0. The van der Waals surface area contributed by atoms with E-state index in [0.29, 0.717) is 10.7 Å². The summed E-state index contributed by atoms with van der Waals surface area (Å²) < 4.78 is 0. The van der Waals surface area contributed by atoms with E-state index in [9.17, 15) is 0 Å². The second kappa shape index (κ2) is 4.87. The van der Waals surface area contributed by atoms with Crippen LogP contribution in [0.2, 0.25) is 0 Å². The molecule has 14 heavy (non-hydrogen) atoms. The first kappa shape index (κ1) is 10.1. The summed E-state index contributed by atoms with van der Waals surface area (Å²) in [6, 6.07) is 0. The number of hydrogen-bond donors (Lipinski definition) is 0. The second-order valence-corrected chi connectivity index (χ2v) is 5.07. The van der Waals surface area contributed by atoms with Gasteiger partial charge in [0.15, 0.2) is 0 Å². The molecule has 0 aromatic carbocycles. The third-order valence-corrected chi connectivity index (χ3v) is 3.99. The van der Waals surface area contributed by atoms with Gasteiger partial charge in [-0.05, 0) is 12.8 Å². The van der Waals surface area contributed by atoms with Gasteiger partial charge in [-0.2, -0.15) is 0 Å². The van der Waals surface area contributed by atoms with Crippen molar-refractivity contribution in [1.82, 2.24) is 9.97 Å². The Morgan fingerprint density at radius 2 is 2.00 bits per heavy atom. The molecule has 0 aliphatic heterocycles. The quantitative estimate of drug-likeness (QED) is 0.568. The molecule has 1 aromatic rings. The number of halogens is 1. The molecule has 3 heteroatoms. The van der Waals surface area contributed by atoms with Gasteiger partial charge in [0.2, 0.25) is 0 Å². The van der Waals surface area contributed by atoms with Crippen molar-refractivity contribution < 1.29 is 0 Å². The Morgan fingerprint density at radius 1 is 1.14 bits per heavy atom. The van der Waals surface area contributed by atoms with E-state index in [0.717, 1.165) is 5.69 Å². The van der Waals surface area contributed by atoms with Gasteiger partial charge < -0.3 is 0 Å². The number of hydrogen-bond acceptors (Lipinski definition) is 2. The molecule has 76 valence electrons. The Morgan fingerprint density at radius 3 is 2.79 bits per heavy atom. The minimum atomic E-state index is 0.561. The fourth-order valence-electron chi connectivity index (χ4n) is 2.10. The van der Waals surface area contributed by atoms with Crippen LogP contribution >= 0.6 is 15.9 Å². The molecule has 0 spiro atoms. The number of rotatable bonds is 1. The van der Waals surface area contributed by atoms with E-state index in [1.807, 2.05) is 6.20 Å². The van der Waals surface area contributed by atoms with E-state index in [1.54, 1.807) is 12.4 Å². The molecule has 0 saturated heterocycles. The monoisotopic (exact) mass is 254 g/mol. The van der Waals surface area contributed by atoms with E-state index in [2.05, 4.69) is 25.9 Å². The molecule has 0 N–H and O–H groups in total. The van der Waals surface area contributed by atoms with Gasteiger partial charge in [0.25, 0.3) is 0 Å². The summed E-state index contributed by atoms with van der Waals surface area (Å²) in [6.45, 7) is 0. The first-order valence-corrected chi connectivity index (χ1v) is 6.19. The molecule has 1 heterocycles. The minimum absolute atomic E-state index is 0.561. The fourth-order valence-corrected chi connectivity index (χ4v) is 2.96. The molecule has 1 aliphatic carbocycles. The molecule has 1 aromatic heterocycles. The average molecular weight is 255 g/mol. The molecular formula is C11H15BrN2. The molecule has 2 rings (SSSR count). The van der Waals surface area contributed by atoms with Gasteiger partial charge in [-0.3, -0.25) is 9.97 Å². The Labute approximate surface area is 93.3 Å². The van der Waals surface area contributed by atoms with Crippen LogP contribution in [0.4, 0.5) is 0 Å². The summed E-state index contributed by atoms with van der Waals surface area (Å²) in [7, 11) is 0. The lowest BCUT2D eigenvalue weighted by Crippen LogP contribution is -2.12. The zero-order valence-corrected chi connectivity index (χ0v) is 9.78. The van der Waals surface area contributed by atoms with Crippen molar-refractivity contribution in [1.29, 1.82) is 0 Å². The molecule has 0 radical (unpaired) electrons. The summed E-state index contributed by atoms with van der Waals surface area (Å²) >= 11 is 3.77. The lowest BCUT2D eigenvalue weighted by atomic mass is 9.97. The van der Waals surface area contributed by atoms with Gasteiger partial charge in [-0.25, -0.2) is 0 Å². The summed E-state index contributed by atoms with van der Waals surface area (Å²) in [5.41, 5.74) is 1.15. The lowest BCUT2D eigenvalue weighted by Gasteiger charge is -2.18. The highest BCUT2D eigenvalue weighted by Gasteiger charge is 2.23. The summed E-state index contributed by atoms with van der Waals surface area (Å²) in [5.74, 6) is 0.561. The average Bonchev–Trinajstić information content (AvgIpc) is 2.44. The van der Waals surface area contributed by atoms with Crippen molar-refractivity contribution in [3.8, 4) is 0 Å². The van der Waals surface area contributed by atoms with Crippen LogP contribution in [-0.2, 0) is 0 Å². The lowest BCUT2D eigenvalue weighted by molar-refractivity contribution is 0.594. The molecule has 2 nitrogen and oxygen atoms in total. The molecule has 2 unspecified atom stereocenters. The van der Waals surface area contributed by atoms with Gasteiger partial charge in [0.1, 0.15) is 0 Å². The largest absolute Gasteiger partial charge is 0.261 e. The van der Waals surface area contributed by atoms with E-state index < -0.39 is 0 Å². The van der Waals surface area contributed by atoms with Crippen LogP contribution in [0.25, 0.3) is 0 Å². The fraction of sp³-hybridized carbons (Fsp3) is 0.636. The van der Waals surface area contributed by atoms with Gasteiger partial charge in [-0.15, -0.1) is 0 Å². The maximum absolute atomic E-state index is 4.40. The normalized spacial score (nSPS) is 28.4. The van der Waals surface area contributed by atoms with Crippen molar-refractivity contribution >= 4 is 15.9 Å². The Bertz CT molecular complexity index is 276. The molecule has 2 atom stereocenters. The first-order valence-electron chi connectivity index (χ1n) is 5.28. The van der Waals surface area contributed by atoms with Crippen LogP contribution in [0.15, 0.2) is 18.6 Å². The predicted octanol–water partition coefficient (Wildman–Crippen LogP) is 3.29. The zero-order chi connectivity index (χ0) is 9.80. The van der Waals surface area contributed by atoms with Crippen LogP contribution in [0.5, 0.6) is 0 Å². The first-order chi connectivity index (χ1) is 6.88. The second-order valence-electron chi connectivity index (χ2n) is 3.89. The molecule has 0 amide bonds. The number of nitrogens with zero attached hydrogens (tertiary/aromatic N) is 2. The van der Waals surface area contributed by atoms with Crippen molar-refractivity contribution in [2.24, 2.45) is 0 Å². The van der Waals surface area contributed by atoms with Crippen LogP contribution in [0, 0.1) is 0 Å². The van der Waals surface area contributed by atoms with Crippen molar-refractivity contribution in [3.63, 3.8) is 0 Å². The molecular weight excluding hydrogens is 240 g/mol. The van der Waals surface area contributed by atoms with Gasteiger partial charge >= 0.3 is 0 Å². The Hall–Kier alpha value is -0.440. The SMILES string of the molecule is BrC1CCCCCC1c1cnccn1. The van der Waals surface area contributed by atoms with E-state index in [4.69, 9.17) is 0 Å². The van der Waals surface area contributed by atoms with Crippen LogP contribution in [0.3, 0.4) is 0 Å². The Kier molecular flexibility index (Phi) is 3.51. The van der Waals surface area contributed by atoms with Crippen LogP contribution in [0.1, 0.15) is 43.7 Å². The highest BCUT2D eigenvalue weighted by molar-refractivity contribution is 9.09. The maximum atomic E-state index is 4.40. The molecule has 1 aliphatic rings. The van der Waals surface area contributed by atoms with E-state index in [1.165, 1.54) is 32.1 Å². The van der Waals surface area contributed by atoms with Gasteiger partial charge in [-0.1, -0.05) is 35.2 Å². The van der Waals surface area contributed by atoms with Crippen molar-refractivity contribution in [2.75, 3.05) is 0 Å². The van der Waals surface area contributed by atoms with E-state index >= 15 is 0 Å². The van der Waals surface area contributed by atoms with Gasteiger partial charge in [0, 0.05) is 29.3 Å². The van der Waals surface area contributed by atoms with Crippen molar-refractivity contribution in [3.05, 3.63) is 24.3 Å². The highest BCUT2D eigenvalue weighted by atomic mass is 79.9. The van der Waals surface area contributed by atoms with Crippen LogP contribution in [-0.4, -0.2) is 14.8 Å². The minimum Gasteiger partial charge on any atom is -0.261 e. The zero-order valence-electron chi connectivity index (χ0n) is 8.19. The number of aromatic nitrogens is 2. The predicted molar refractivity (Wildman–Crippen MR) is 60.6 cm³/mol. The van der Waals surface area contributed by atoms with Crippen molar-refractivity contribution in [2.45, 2.75) is 42.8 Å². The highest BCUT2D eigenvalue weighted by Crippen LogP contribution is 2.34. The van der Waals surface area contributed by atoms with Crippen LogP contribution < -0.4 is 0 Å². The van der Waals surface area contributed by atoms with E-state index in [-0.39, 0.29) is 0 Å². The molecule has 1 fully saturated rings. The number of alkyl halides is 1. The molecule has 0 bridgehead atoms. The standard InChI is InChI=1S/C11H15BrN2/c12-10-5-3-1-2-4-9(10)11-8-13-6-7-14-11/h6-10H,1-5H2. The molecule has 1 saturated carbocycles. The van der Waals surface area contributed by atoms with Gasteiger partial charge in [0.05, 0.1) is 5.69 Å². The third kappa shape index (κ3) is 2.32. The topological polar surface area (TPSA) is 25.8 Å². The summed E-state index contributed by atoms with van der Waals surface area (Å²) in [5, 5.41) is 0. The third-order valence-electron chi connectivity index (χ3n) is 2.89. The Balaban J connectivity index is 2.15.